The lowest BCUT2D eigenvalue weighted by Gasteiger charge is -2.28. The normalized spacial score (nSPS) is 12.3. The maximum Gasteiger partial charge on any atom is 0.307 e. The number of carbonyl (C=O) groups excluding carboxylic acids is 2. The molecule has 0 saturated carbocycles. The number of hydrogen-bond acceptors (Lipinski definition) is 5. The van der Waals surface area contributed by atoms with E-state index >= 15 is 0 Å². The van der Waals surface area contributed by atoms with Crippen LogP contribution in [0.4, 0.5) is 4.39 Å². The molecule has 1 aromatic heterocycles. The summed E-state index contributed by atoms with van der Waals surface area (Å²) >= 11 is 1.44. The number of hydrogen-bond donors (Lipinski definition) is 1. The van der Waals surface area contributed by atoms with Crippen LogP contribution in [0.15, 0.2) is 41.8 Å². The maximum atomic E-state index is 13.0. The molecule has 0 saturated heterocycles. The van der Waals surface area contributed by atoms with Crippen molar-refractivity contribution >= 4 is 23.2 Å². The lowest BCUT2D eigenvalue weighted by Crippen LogP contribution is -2.48. The van der Waals surface area contributed by atoms with E-state index in [2.05, 4.69) is 5.32 Å². The fraction of sp³-hybridized carbons (Fsp3) is 0.333. The standard InChI is InChI=1S/C18H20FNO4S/c1-18(2,24-13-8-6-12(19)7-9-13)17(22)20-14(11-16(21)23-3)15-5-4-10-25-15/h4-10,14H,11H2,1-3H3,(H,20,22). The van der Waals surface area contributed by atoms with Crippen molar-refractivity contribution < 1.29 is 23.5 Å². The Morgan fingerprint density at radius 3 is 2.48 bits per heavy atom. The second-order valence-corrected chi connectivity index (χ2v) is 6.87. The Hall–Kier alpha value is -2.41. The minimum absolute atomic E-state index is 0.0232. The van der Waals surface area contributed by atoms with Gasteiger partial charge in [-0.15, -0.1) is 11.3 Å². The van der Waals surface area contributed by atoms with E-state index in [1.165, 1.54) is 42.7 Å². The molecule has 0 fully saturated rings. The van der Waals surface area contributed by atoms with Gasteiger partial charge < -0.3 is 14.8 Å². The topological polar surface area (TPSA) is 64.6 Å². The molecule has 0 aliphatic heterocycles. The second kappa shape index (κ2) is 8.11. The number of amides is 1. The predicted octanol–water partition coefficient (Wildman–Crippen LogP) is 3.47. The molecule has 2 rings (SSSR count). The Morgan fingerprint density at radius 1 is 1.24 bits per heavy atom. The Kier molecular flexibility index (Phi) is 6.14. The second-order valence-electron chi connectivity index (χ2n) is 5.89. The van der Waals surface area contributed by atoms with Crippen molar-refractivity contribution in [2.24, 2.45) is 0 Å². The highest BCUT2D eigenvalue weighted by Crippen LogP contribution is 2.25. The minimum atomic E-state index is -1.20. The summed E-state index contributed by atoms with van der Waals surface area (Å²) in [5.41, 5.74) is -1.20. The number of nitrogens with one attached hydrogen (secondary N) is 1. The predicted molar refractivity (Wildman–Crippen MR) is 92.9 cm³/mol. The maximum absolute atomic E-state index is 13.0. The number of benzene rings is 1. The number of carbonyl (C=O) groups is 2. The van der Waals surface area contributed by atoms with Gasteiger partial charge in [0.25, 0.3) is 5.91 Å². The molecule has 0 aliphatic carbocycles. The number of ether oxygens (including phenoxy) is 2. The molecule has 1 aromatic carbocycles. The van der Waals surface area contributed by atoms with Gasteiger partial charge in [-0.05, 0) is 49.6 Å². The molecular weight excluding hydrogens is 345 g/mol. The molecular formula is C18H20FNO4S. The lowest BCUT2D eigenvalue weighted by atomic mass is 10.1. The van der Waals surface area contributed by atoms with E-state index in [1.54, 1.807) is 13.8 Å². The molecule has 1 unspecified atom stereocenters. The van der Waals surface area contributed by atoms with Crippen LogP contribution in [-0.2, 0) is 14.3 Å². The molecule has 0 radical (unpaired) electrons. The number of halogens is 1. The first-order valence-corrected chi connectivity index (χ1v) is 8.55. The first kappa shape index (κ1) is 18.9. The molecule has 1 N–H and O–H groups in total. The van der Waals surface area contributed by atoms with Gasteiger partial charge in [0.15, 0.2) is 5.60 Å². The Bertz CT molecular complexity index is 713. The summed E-state index contributed by atoms with van der Waals surface area (Å²) in [6.07, 6.45) is 0.0232. The summed E-state index contributed by atoms with van der Waals surface area (Å²) in [7, 11) is 1.30. The third-order valence-electron chi connectivity index (χ3n) is 3.52. The Morgan fingerprint density at radius 2 is 1.92 bits per heavy atom. The van der Waals surface area contributed by atoms with Crippen molar-refractivity contribution in [1.82, 2.24) is 5.32 Å². The van der Waals surface area contributed by atoms with E-state index < -0.39 is 17.6 Å². The van der Waals surface area contributed by atoms with Crippen molar-refractivity contribution in [2.75, 3.05) is 7.11 Å². The van der Waals surface area contributed by atoms with Gasteiger partial charge in [0, 0.05) is 4.88 Å². The van der Waals surface area contributed by atoms with Crippen LogP contribution in [-0.4, -0.2) is 24.6 Å². The highest BCUT2D eigenvalue weighted by atomic mass is 32.1. The molecule has 5 nitrogen and oxygen atoms in total. The third kappa shape index (κ3) is 5.29. The fourth-order valence-corrected chi connectivity index (χ4v) is 2.92. The minimum Gasteiger partial charge on any atom is -0.478 e. The van der Waals surface area contributed by atoms with Gasteiger partial charge >= 0.3 is 5.97 Å². The Labute approximate surface area is 149 Å². The quantitative estimate of drug-likeness (QED) is 0.763. The van der Waals surface area contributed by atoms with Crippen molar-refractivity contribution in [1.29, 1.82) is 0 Å². The van der Waals surface area contributed by atoms with E-state index in [0.29, 0.717) is 5.75 Å². The van der Waals surface area contributed by atoms with Crippen LogP contribution in [0.5, 0.6) is 5.75 Å². The molecule has 0 spiro atoms. The zero-order valence-electron chi connectivity index (χ0n) is 14.2. The number of thiophene rings is 1. The van der Waals surface area contributed by atoms with Crippen LogP contribution in [0.1, 0.15) is 31.2 Å². The summed E-state index contributed by atoms with van der Waals surface area (Å²) in [5.74, 6) is -0.817. The molecule has 1 amide bonds. The average molecular weight is 365 g/mol. The van der Waals surface area contributed by atoms with Gasteiger partial charge in [0.05, 0.1) is 19.6 Å². The first-order chi connectivity index (χ1) is 11.8. The molecule has 134 valence electrons. The lowest BCUT2D eigenvalue weighted by molar-refractivity contribution is -0.142. The monoisotopic (exact) mass is 365 g/mol. The first-order valence-electron chi connectivity index (χ1n) is 7.67. The van der Waals surface area contributed by atoms with Gasteiger partial charge in [-0.25, -0.2) is 4.39 Å². The zero-order valence-corrected chi connectivity index (χ0v) is 15.1. The molecule has 2 aromatic rings. The molecule has 1 heterocycles. The van der Waals surface area contributed by atoms with Crippen LogP contribution in [0, 0.1) is 5.82 Å². The zero-order chi connectivity index (χ0) is 18.4. The van der Waals surface area contributed by atoms with E-state index in [-0.39, 0.29) is 18.1 Å². The van der Waals surface area contributed by atoms with Gasteiger partial charge in [-0.1, -0.05) is 6.07 Å². The number of methoxy groups -OCH3 is 1. The summed E-state index contributed by atoms with van der Waals surface area (Å²) in [4.78, 5) is 25.1. The summed E-state index contributed by atoms with van der Waals surface area (Å²) in [5, 5.41) is 4.70. The summed E-state index contributed by atoms with van der Waals surface area (Å²) in [6.45, 7) is 3.21. The third-order valence-corrected chi connectivity index (χ3v) is 4.51. The van der Waals surface area contributed by atoms with E-state index in [4.69, 9.17) is 9.47 Å². The van der Waals surface area contributed by atoms with Crippen LogP contribution in [0.25, 0.3) is 0 Å². The average Bonchev–Trinajstić information content (AvgIpc) is 3.10. The van der Waals surface area contributed by atoms with Crippen molar-refractivity contribution in [3.63, 3.8) is 0 Å². The molecule has 1 atom stereocenters. The van der Waals surface area contributed by atoms with Crippen molar-refractivity contribution in [2.45, 2.75) is 31.9 Å². The SMILES string of the molecule is COC(=O)CC(NC(=O)C(C)(C)Oc1ccc(F)cc1)c1cccs1. The highest BCUT2D eigenvalue weighted by molar-refractivity contribution is 7.10. The van der Waals surface area contributed by atoms with Crippen molar-refractivity contribution in [3.8, 4) is 5.75 Å². The number of rotatable bonds is 7. The molecule has 0 bridgehead atoms. The number of esters is 1. The molecule has 0 aliphatic rings. The van der Waals surface area contributed by atoms with Crippen molar-refractivity contribution in [3.05, 3.63) is 52.5 Å². The van der Waals surface area contributed by atoms with Gasteiger partial charge in [0.1, 0.15) is 11.6 Å². The smallest absolute Gasteiger partial charge is 0.307 e. The van der Waals surface area contributed by atoms with Gasteiger partial charge in [0.2, 0.25) is 0 Å². The summed E-state index contributed by atoms with van der Waals surface area (Å²) in [6, 6.07) is 8.61. The Balaban J connectivity index is 2.10. The molecule has 7 heteroatoms. The van der Waals surface area contributed by atoms with E-state index in [1.807, 2.05) is 17.5 Å². The highest BCUT2D eigenvalue weighted by Gasteiger charge is 2.33. The van der Waals surface area contributed by atoms with E-state index in [9.17, 15) is 14.0 Å². The fourth-order valence-electron chi connectivity index (χ4n) is 2.14. The van der Waals surface area contributed by atoms with E-state index in [0.717, 1.165) is 4.88 Å². The van der Waals surface area contributed by atoms with Gasteiger partial charge in [-0.2, -0.15) is 0 Å². The largest absolute Gasteiger partial charge is 0.478 e. The van der Waals surface area contributed by atoms with Crippen LogP contribution in [0.2, 0.25) is 0 Å². The van der Waals surface area contributed by atoms with Crippen LogP contribution < -0.4 is 10.1 Å². The summed E-state index contributed by atoms with van der Waals surface area (Å²) < 4.78 is 23.4. The van der Waals surface area contributed by atoms with Gasteiger partial charge in [-0.3, -0.25) is 9.59 Å². The molecule has 25 heavy (non-hydrogen) atoms. The van der Waals surface area contributed by atoms with Crippen LogP contribution in [0.3, 0.4) is 0 Å². The van der Waals surface area contributed by atoms with Crippen LogP contribution >= 0.6 is 11.3 Å².